The molecule has 0 saturated heterocycles. The number of ketones is 1. The first-order valence-corrected chi connectivity index (χ1v) is 9.00. The lowest BCUT2D eigenvalue weighted by molar-refractivity contribution is -0.121. The Morgan fingerprint density at radius 1 is 1.12 bits per heavy atom. The summed E-state index contributed by atoms with van der Waals surface area (Å²) in [5.74, 6) is 0.150. The molecule has 0 aliphatic carbocycles. The first-order valence-electron chi connectivity index (χ1n) is 9.00. The summed E-state index contributed by atoms with van der Waals surface area (Å²) in [7, 11) is 1.61. The lowest BCUT2D eigenvalue weighted by atomic mass is 10.00. The maximum absolute atomic E-state index is 12.1. The Bertz CT molecular complexity index is 795. The Labute approximate surface area is 153 Å². The molecule has 1 atom stereocenters. The predicted octanol–water partition coefficient (Wildman–Crippen LogP) is 3.11. The van der Waals surface area contributed by atoms with Crippen LogP contribution in [-0.4, -0.2) is 29.2 Å². The number of nitrogens with zero attached hydrogens (tertiary/aromatic N) is 1. The Morgan fingerprint density at radius 2 is 1.88 bits per heavy atom. The molecule has 6 nitrogen and oxygen atoms in total. The van der Waals surface area contributed by atoms with Crippen LogP contribution in [-0.2, 0) is 20.9 Å². The van der Waals surface area contributed by atoms with Crippen LogP contribution in [0.15, 0.2) is 30.5 Å². The number of hydrogen-bond acceptors (Lipinski definition) is 3. The van der Waals surface area contributed by atoms with E-state index >= 15 is 0 Å². The number of unbranched alkanes of at least 4 members (excludes halogenated alkanes) is 1. The van der Waals surface area contributed by atoms with E-state index in [1.807, 2.05) is 42.0 Å². The molecule has 1 aromatic heterocycles. The molecule has 26 heavy (non-hydrogen) atoms. The number of rotatable bonds is 9. The number of anilines is 1. The average Bonchev–Trinajstić information content (AvgIpc) is 3.00. The highest BCUT2D eigenvalue weighted by Crippen LogP contribution is 2.21. The minimum absolute atomic E-state index is 0.0377. The number of likely N-dealkylation sites (N-methyl/N-ethyl adjacent to an activating group) is 1. The number of fused-ring (bicyclic) bond motifs is 1. The molecule has 0 saturated carbocycles. The van der Waals surface area contributed by atoms with Crippen molar-refractivity contribution in [3.8, 4) is 0 Å². The monoisotopic (exact) mass is 357 g/mol. The standard InChI is InChI=1S/C20H27N3O3/c1-14(15(2)24)6-4-5-7-19(25)22-17-9-8-16-10-11-23(18(16)12-17)13-20(26)21-3/h8-12,14H,4-7,13H2,1-3H3,(H,21,26)(H,22,25)/t14-/m1/s1. The molecular formula is C20H27N3O3. The zero-order valence-corrected chi connectivity index (χ0v) is 15.7. The van der Waals surface area contributed by atoms with Gasteiger partial charge in [-0.15, -0.1) is 0 Å². The second-order valence-corrected chi connectivity index (χ2v) is 6.70. The molecule has 2 rings (SSSR count). The van der Waals surface area contributed by atoms with E-state index in [-0.39, 0.29) is 30.1 Å². The minimum atomic E-state index is -0.0725. The van der Waals surface area contributed by atoms with Gasteiger partial charge in [-0.2, -0.15) is 0 Å². The summed E-state index contributed by atoms with van der Waals surface area (Å²) in [4.78, 5) is 34.9. The molecule has 2 N–H and O–H groups in total. The van der Waals surface area contributed by atoms with Gasteiger partial charge >= 0.3 is 0 Å². The number of amides is 2. The maximum Gasteiger partial charge on any atom is 0.239 e. The molecule has 0 aliphatic heterocycles. The summed E-state index contributed by atoms with van der Waals surface area (Å²) >= 11 is 0. The normalized spacial score (nSPS) is 12.0. The summed E-state index contributed by atoms with van der Waals surface area (Å²) in [5.41, 5.74) is 1.62. The largest absolute Gasteiger partial charge is 0.358 e. The van der Waals surface area contributed by atoms with Gasteiger partial charge in [0.25, 0.3) is 0 Å². The molecule has 0 radical (unpaired) electrons. The lowest BCUT2D eigenvalue weighted by Crippen LogP contribution is -2.23. The van der Waals surface area contributed by atoms with Gasteiger partial charge in [-0.3, -0.25) is 14.4 Å². The SMILES string of the molecule is CNC(=O)Cn1ccc2ccc(NC(=O)CCCC[C@@H](C)C(C)=O)cc21. The van der Waals surface area contributed by atoms with Crippen LogP contribution in [0, 0.1) is 5.92 Å². The van der Waals surface area contributed by atoms with Gasteiger partial charge in [0.2, 0.25) is 11.8 Å². The van der Waals surface area contributed by atoms with Crippen molar-refractivity contribution in [2.24, 2.45) is 5.92 Å². The van der Waals surface area contributed by atoms with Crippen molar-refractivity contribution >= 4 is 34.2 Å². The molecule has 2 amide bonds. The van der Waals surface area contributed by atoms with Crippen molar-refractivity contribution in [3.05, 3.63) is 30.5 Å². The Balaban J connectivity index is 1.91. The van der Waals surface area contributed by atoms with Crippen LogP contribution in [0.25, 0.3) is 10.9 Å². The summed E-state index contributed by atoms with van der Waals surface area (Å²) in [5, 5.41) is 6.54. The summed E-state index contributed by atoms with van der Waals surface area (Å²) in [6.45, 7) is 3.77. The van der Waals surface area contributed by atoms with Crippen LogP contribution in [0.1, 0.15) is 39.5 Å². The number of benzene rings is 1. The van der Waals surface area contributed by atoms with Crippen molar-refractivity contribution in [1.29, 1.82) is 0 Å². The highest BCUT2D eigenvalue weighted by atomic mass is 16.2. The quantitative estimate of drug-likeness (QED) is 0.677. The number of Topliss-reactive ketones (excluding diaryl/α,β-unsaturated/α-hetero) is 1. The van der Waals surface area contributed by atoms with Crippen LogP contribution in [0.5, 0.6) is 0 Å². The van der Waals surface area contributed by atoms with E-state index in [9.17, 15) is 14.4 Å². The van der Waals surface area contributed by atoms with Crippen molar-refractivity contribution in [2.45, 2.75) is 46.1 Å². The summed E-state index contributed by atoms with van der Waals surface area (Å²) in [6, 6.07) is 7.62. The smallest absolute Gasteiger partial charge is 0.239 e. The van der Waals surface area contributed by atoms with Gasteiger partial charge in [-0.1, -0.05) is 19.4 Å². The fourth-order valence-electron chi connectivity index (χ4n) is 2.80. The number of carbonyl (C=O) groups excluding carboxylic acids is 3. The van der Waals surface area contributed by atoms with E-state index in [1.165, 1.54) is 0 Å². The third-order valence-electron chi connectivity index (χ3n) is 4.64. The number of carbonyl (C=O) groups is 3. The van der Waals surface area contributed by atoms with Gasteiger partial charge in [0.05, 0.1) is 5.52 Å². The van der Waals surface area contributed by atoms with Crippen LogP contribution >= 0.6 is 0 Å². The van der Waals surface area contributed by atoms with Gasteiger partial charge in [-0.25, -0.2) is 0 Å². The van der Waals surface area contributed by atoms with E-state index in [4.69, 9.17) is 0 Å². The zero-order chi connectivity index (χ0) is 19.1. The third-order valence-corrected chi connectivity index (χ3v) is 4.64. The van der Waals surface area contributed by atoms with Crippen molar-refractivity contribution in [3.63, 3.8) is 0 Å². The van der Waals surface area contributed by atoms with E-state index in [0.29, 0.717) is 6.42 Å². The fourth-order valence-corrected chi connectivity index (χ4v) is 2.80. The van der Waals surface area contributed by atoms with Crippen LogP contribution in [0.4, 0.5) is 5.69 Å². The van der Waals surface area contributed by atoms with Crippen molar-refractivity contribution < 1.29 is 14.4 Å². The van der Waals surface area contributed by atoms with E-state index in [2.05, 4.69) is 10.6 Å². The molecular weight excluding hydrogens is 330 g/mol. The van der Waals surface area contributed by atoms with E-state index < -0.39 is 0 Å². The topological polar surface area (TPSA) is 80.2 Å². The molecule has 1 heterocycles. The molecule has 0 aliphatic rings. The van der Waals surface area contributed by atoms with Gasteiger partial charge in [0.15, 0.2) is 0 Å². The minimum Gasteiger partial charge on any atom is -0.358 e. The van der Waals surface area contributed by atoms with Crippen molar-refractivity contribution in [1.82, 2.24) is 9.88 Å². The highest BCUT2D eigenvalue weighted by Gasteiger charge is 2.09. The molecule has 0 unspecified atom stereocenters. The van der Waals surface area contributed by atoms with Crippen LogP contribution in [0.3, 0.4) is 0 Å². The first kappa shape index (κ1) is 19.7. The molecule has 0 bridgehead atoms. The highest BCUT2D eigenvalue weighted by molar-refractivity contribution is 5.94. The Morgan fingerprint density at radius 3 is 2.58 bits per heavy atom. The van der Waals surface area contributed by atoms with Gasteiger partial charge in [0.1, 0.15) is 12.3 Å². The first-order chi connectivity index (χ1) is 12.4. The zero-order valence-electron chi connectivity index (χ0n) is 15.7. The average molecular weight is 357 g/mol. The molecule has 0 spiro atoms. The van der Waals surface area contributed by atoms with Crippen LogP contribution < -0.4 is 10.6 Å². The third kappa shape index (κ3) is 5.44. The molecule has 0 fully saturated rings. The number of nitrogens with one attached hydrogen (secondary N) is 2. The number of hydrogen-bond donors (Lipinski definition) is 2. The van der Waals surface area contributed by atoms with Crippen LogP contribution in [0.2, 0.25) is 0 Å². The molecule has 2 aromatic rings. The second kappa shape index (κ2) is 9.17. The van der Waals surface area contributed by atoms with E-state index in [0.717, 1.165) is 35.9 Å². The maximum atomic E-state index is 12.1. The fraction of sp³-hybridized carbons (Fsp3) is 0.450. The van der Waals surface area contributed by atoms with E-state index in [1.54, 1.807) is 14.0 Å². The molecule has 140 valence electrons. The Kier molecular flexibility index (Phi) is 6.95. The second-order valence-electron chi connectivity index (χ2n) is 6.70. The van der Waals surface area contributed by atoms with Crippen molar-refractivity contribution in [2.75, 3.05) is 12.4 Å². The summed E-state index contributed by atoms with van der Waals surface area (Å²) < 4.78 is 1.85. The lowest BCUT2D eigenvalue weighted by Gasteiger charge is -2.09. The number of aromatic nitrogens is 1. The summed E-state index contributed by atoms with van der Waals surface area (Å²) in [6.07, 6.45) is 4.74. The molecule has 1 aromatic carbocycles. The Hall–Kier alpha value is -2.63. The van der Waals surface area contributed by atoms with Gasteiger partial charge in [0, 0.05) is 31.3 Å². The molecule has 6 heteroatoms. The predicted molar refractivity (Wildman–Crippen MR) is 103 cm³/mol. The van der Waals surface area contributed by atoms with Gasteiger partial charge < -0.3 is 15.2 Å². The van der Waals surface area contributed by atoms with Gasteiger partial charge in [-0.05, 0) is 43.4 Å².